The van der Waals surface area contributed by atoms with E-state index in [0.29, 0.717) is 24.5 Å². The van der Waals surface area contributed by atoms with E-state index in [1.165, 1.54) is 4.90 Å². The third-order valence-corrected chi connectivity index (χ3v) is 9.21. The number of hydrogen-bond acceptors (Lipinski definition) is 3. The van der Waals surface area contributed by atoms with Crippen molar-refractivity contribution in [3.8, 4) is 22.7 Å². The van der Waals surface area contributed by atoms with Crippen molar-refractivity contribution in [2.24, 2.45) is 5.41 Å². The maximum Gasteiger partial charge on any atom is 0.407 e. The van der Waals surface area contributed by atoms with Crippen molar-refractivity contribution < 1.29 is 19.4 Å². The first-order valence-electron chi connectivity index (χ1n) is 16.5. The molecule has 48 heavy (non-hydrogen) atoms. The predicted molar refractivity (Wildman–Crippen MR) is 190 cm³/mol. The molecule has 7 nitrogen and oxygen atoms in total. The van der Waals surface area contributed by atoms with Crippen molar-refractivity contribution in [1.29, 1.82) is 0 Å². The van der Waals surface area contributed by atoms with Crippen LogP contribution < -0.4 is 4.74 Å². The molecule has 0 aliphatic carbocycles. The summed E-state index contributed by atoms with van der Waals surface area (Å²) in [5, 5.41) is 10.1. The van der Waals surface area contributed by atoms with Gasteiger partial charge in [-0.15, -0.1) is 0 Å². The number of carboxylic acid groups (broad SMARTS) is 1. The second-order valence-corrected chi connectivity index (χ2v) is 13.6. The summed E-state index contributed by atoms with van der Waals surface area (Å²) in [5.41, 5.74) is 5.98. The van der Waals surface area contributed by atoms with E-state index in [4.69, 9.17) is 4.74 Å². The highest BCUT2D eigenvalue weighted by Gasteiger charge is 2.43. The highest BCUT2D eigenvalue weighted by molar-refractivity contribution is 6.01. The number of rotatable bonds is 8. The molecular weight excluding hydrogens is 598 g/mol. The Hall–Kier alpha value is -5.30. The van der Waals surface area contributed by atoms with Crippen LogP contribution in [-0.2, 0) is 6.61 Å². The largest absolute Gasteiger partial charge is 0.489 e. The Balaban J connectivity index is 1.45. The number of benzene rings is 4. The average molecular weight is 642 g/mol. The summed E-state index contributed by atoms with van der Waals surface area (Å²) in [7, 11) is 0. The van der Waals surface area contributed by atoms with Crippen molar-refractivity contribution in [3.63, 3.8) is 0 Å². The summed E-state index contributed by atoms with van der Waals surface area (Å²) in [5.74, 6) is 0.483. The number of piperazine rings is 1. The second-order valence-electron chi connectivity index (χ2n) is 13.6. The molecule has 1 aliphatic rings. The van der Waals surface area contributed by atoms with E-state index in [0.717, 1.165) is 33.8 Å². The molecule has 4 aromatic carbocycles. The van der Waals surface area contributed by atoms with Gasteiger partial charge < -0.3 is 24.2 Å². The molecule has 1 aliphatic heterocycles. The van der Waals surface area contributed by atoms with Crippen LogP contribution in [0, 0.1) is 12.3 Å². The first-order valence-corrected chi connectivity index (χ1v) is 16.5. The van der Waals surface area contributed by atoms with Crippen LogP contribution in [0.15, 0.2) is 121 Å². The highest BCUT2D eigenvalue weighted by Crippen LogP contribution is 2.42. The Kier molecular flexibility index (Phi) is 9.40. The summed E-state index contributed by atoms with van der Waals surface area (Å²) < 4.78 is 8.36. The van der Waals surface area contributed by atoms with Gasteiger partial charge in [0.1, 0.15) is 12.4 Å². The maximum atomic E-state index is 15.1. The molecule has 7 heteroatoms. The zero-order valence-corrected chi connectivity index (χ0v) is 28.0. The van der Waals surface area contributed by atoms with E-state index in [1.807, 2.05) is 121 Å². The van der Waals surface area contributed by atoms with Gasteiger partial charge in [0.25, 0.3) is 5.91 Å². The topological polar surface area (TPSA) is 75.0 Å². The number of aromatic nitrogens is 1. The van der Waals surface area contributed by atoms with Crippen molar-refractivity contribution in [2.45, 2.75) is 46.3 Å². The van der Waals surface area contributed by atoms with Gasteiger partial charge in [0.15, 0.2) is 0 Å². The first kappa shape index (κ1) is 32.6. The molecule has 2 heterocycles. The number of hydrogen-bond donors (Lipinski definition) is 1. The number of nitrogens with zero attached hydrogens (tertiary/aromatic N) is 3. The van der Waals surface area contributed by atoms with Gasteiger partial charge in [0, 0.05) is 42.5 Å². The van der Waals surface area contributed by atoms with Crippen LogP contribution in [-0.4, -0.2) is 57.1 Å². The number of ether oxygens (including phenoxy) is 1. The predicted octanol–water partition coefficient (Wildman–Crippen LogP) is 8.67. The minimum atomic E-state index is -0.966. The van der Waals surface area contributed by atoms with Gasteiger partial charge in [0.2, 0.25) is 0 Å². The maximum absolute atomic E-state index is 15.1. The molecule has 0 spiro atoms. The van der Waals surface area contributed by atoms with Crippen molar-refractivity contribution >= 4 is 12.0 Å². The summed E-state index contributed by atoms with van der Waals surface area (Å²) in [6, 6.07) is 39.8. The van der Waals surface area contributed by atoms with Crippen LogP contribution in [0.4, 0.5) is 4.79 Å². The fourth-order valence-corrected chi connectivity index (χ4v) is 7.11. The summed E-state index contributed by atoms with van der Waals surface area (Å²) in [6.07, 6.45) is -0.966. The normalized spacial score (nSPS) is 15.6. The van der Waals surface area contributed by atoms with Gasteiger partial charge in [-0.2, -0.15) is 0 Å². The lowest BCUT2D eigenvalue weighted by molar-refractivity contribution is 0.0283. The number of carbonyl (C=O) groups excluding carboxylic acids is 1. The van der Waals surface area contributed by atoms with Gasteiger partial charge in [0.05, 0.1) is 17.3 Å². The Morgan fingerprint density at radius 1 is 0.833 bits per heavy atom. The molecule has 0 radical (unpaired) electrons. The summed E-state index contributed by atoms with van der Waals surface area (Å²) in [6.45, 7) is 9.71. The molecule has 2 amide bonds. The summed E-state index contributed by atoms with van der Waals surface area (Å²) in [4.78, 5) is 30.7. The van der Waals surface area contributed by atoms with Gasteiger partial charge >= 0.3 is 6.09 Å². The molecule has 1 aromatic heterocycles. The fourth-order valence-electron chi connectivity index (χ4n) is 7.11. The monoisotopic (exact) mass is 641 g/mol. The zero-order valence-electron chi connectivity index (χ0n) is 28.0. The van der Waals surface area contributed by atoms with Gasteiger partial charge in [-0.3, -0.25) is 4.79 Å². The fraction of sp³-hybridized carbons (Fsp3) is 0.268. The van der Waals surface area contributed by atoms with E-state index in [1.54, 1.807) is 0 Å². The van der Waals surface area contributed by atoms with E-state index in [9.17, 15) is 9.90 Å². The van der Waals surface area contributed by atoms with Gasteiger partial charge in [-0.1, -0.05) is 112 Å². The lowest BCUT2D eigenvalue weighted by atomic mass is 9.71. The lowest BCUT2D eigenvalue weighted by Crippen LogP contribution is -2.59. The van der Waals surface area contributed by atoms with E-state index in [-0.39, 0.29) is 36.4 Å². The second kappa shape index (κ2) is 13.8. The number of amides is 2. The Morgan fingerprint density at radius 3 is 2.12 bits per heavy atom. The van der Waals surface area contributed by atoms with E-state index >= 15 is 4.79 Å². The number of aryl methyl sites for hydroxylation is 1. The Labute approximate surface area is 283 Å². The molecule has 1 unspecified atom stereocenters. The SMILES string of the molecule is Cc1cc(C(=O)N2CCN(C(=O)O)C[C@H]2C(c2ccccc2)C(C)(C)C)c(-c2cccc(OCc3ccccc3)c2)n1-c1ccccc1. The minimum Gasteiger partial charge on any atom is -0.489 e. The zero-order chi connectivity index (χ0) is 33.8. The minimum absolute atomic E-state index is 0.111. The van der Waals surface area contributed by atoms with Gasteiger partial charge in [-0.05, 0) is 53.8 Å². The van der Waals surface area contributed by atoms with Crippen molar-refractivity contribution in [2.75, 3.05) is 19.6 Å². The molecular formula is C41H43N3O4. The number of para-hydroxylation sites is 1. The van der Waals surface area contributed by atoms with E-state index < -0.39 is 6.09 Å². The standard InChI is InChI=1S/C41H43N3O4/c1-29-25-35(39(45)43-24-23-42(40(46)47)27-36(43)37(41(2,3)4)31-17-10-6-11-18-31)38(44(29)33-20-12-7-13-21-33)32-19-14-22-34(26-32)48-28-30-15-8-5-9-16-30/h5-22,25-26,36-37H,23-24,27-28H2,1-4H3,(H,46,47)/t36-,37?/m0/s1. The molecule has 1 saturated heterocycles. The molecule has 5 aromatic rings. The molecule has 1 N–H and O–H groups in total. The quantitative estimate of drug-likeness (QED) is 0.184. The molecule has 1 fully saturated rings. The number of carbonyl (C=O) groups is 2. The molecule has 0 saturated carbocycles. The third-order valence-electron chi connectivity index (χ3n) is 9.21. The van der Waals surface area contributed by atoms with Crippen molar-refractivity contribution in [3.05, 3.63) is 144 Å². The third kappa shape index (κ3) is 6.86. The van der Waals surface area contributed by atoms with Crippen LogP contribution in [0.5, 0.6) is 5.75 Å². The highest BCUT2D eigenvalue weighted by atomic mass is 16.5. The van der Waals surface area contributed by atoms with Crippen LogP contribution in [0.2, 0.25) is 0 Å². The first-order chi connectivity index (χ1) is 23.1. The van der Waals surface area contributed by atoms with Crippen molar-refractivity contribution in [1.82, 2.24) is 14.4 Å². The Morgan fingerprint density at radius 2 is 1.48 bits per heavy atom. The lowest BCUT2D eigenvalue weighted by Gasteiger charge is -2.48. The summed E-state index contributed by atoms with van der Waals surface area (Å²) >= 11 is 0. The average Bonchev–Trinajstić information content (AvgIpc) is 3.44. The van der Waals surface area contributed by atoms with Gasteiger partial charge in [-0.25, -0.2) is 4.79 Å². The van der Waals surface area contributed by atoms with Crippen LogP contribution >= 0.6 is 0 Å². The molecule has 0 bridgehead atoms. The smallest absolute Gasteiger partial charge is 0.407 e. The van der Waals surface area contributed by atoms with E-state index in [2.05, 4.69) is 37.5 Å². The molecule has 246 valence electrons. The molecule has 2 atom stereocenters. The Bertz CT molecular complexity index is 1860. The molecule has 6 rings (SSSR count). The van der Waals surface area contributed by atoms with Crippen LogP contribution in [0.3, 0.4) is 0 Å². The van der Waals surface area contributed by atoms with Crippen LogP contribution in [0.25, 0.3) is 16.9 Å². The van der Waals surface area contributed by atoms with Crippen LogP contribution in [0.1, 0.15) is 53.9 Å².